The molecule has 2 aliphatic rings. The van der Waals surface area contributed by atoms with Gasteiger partial charge in [-0.1, -0.05) is 0 Å². The lowest BCUT2D eigenvalue weighted by molar-refractivity contribution is -0.182. The summed E-state index contributed by atoms with van der Waals surface area (Å²) >= 11 is 0. The fourth-order valence-electron chi connectivity index (χ4n) is 5.15. The summed E-state index contributed by atoms with van der Waals surface area (Å²) in [5.74, 6) is 1.50. The number of halogens is 3. The average molecular weight is 527 g/mol. The van der Waals surface area contributed by atoms with E-state index in [1.807, 2.05) is 0 Å². The minimum absolute atomic E-state index is 0.00254. The number of benzene rings is 1. The van der Waals surface area contributed by atoms with Crippen LogP contribution >= 0.6 is 0 Å². The van der Waals surface area contributed by atoms with Gasteiger partial charge in [-0.25, -0.2) is 4.98 Å². The summed E-state index contributed by atoms with van der Waals surface area (Å²) in [5, 5.41) is 7.22. The SMILES string of the molecule is CC(=O)Cc1cc(Oc2ccc3nc(Nc4cc(C(F)(F)F)n(C5CC6(COC6)C5)n4)n(C)c3c2)ccn1. The molecule has 4 heterocycles. The summed E-state index contributed by atoms with van der Waals surface area (Å²) in [6.07, 6.45) is -1.48. The van der Waals surface area contributed by atoms with Crippen molar-refractivity contribution in [3.8, 4) is 11.5 Å². The molecule has 1 aliphatic carbocycles. The lowest BCUT2D eigenvalue weighted by Gasteiger charge is -2.53. The number of rotatable bonds is 7. The van der Waals surface area contributed by atoms with Crippen molar-refractivity contribution in [1.29, 1.82) is 0 Å². The van der Waals surface area contributed by atoms with Gasteiger partial charge in [-0.05, 0) is 38.0 Å². The smallest absolute Gasteiger partial charge is 0.433 e. The third kappa shape index (κ3) is 4.49. The largest absolute Gasteiger partial charge is 0.457 e. The van der Waals surface area contributed by atoms with Crippen LogP contribution < -0.4 is 10.1 Å². The standard InChI is InChI=1S/C26H25F3N6O3/c1-15(36)7-16-8-19(5-6-30-16)38-18-3-4-20-21(9-18)34(2)24(31-20)32-23-10-22(26(27,28)29)35(33-23)17-11-25(12-17)13-37-14-25/h3-6,8-10,17H,7,11-14H2,1-2H3,(H,31,32,33). The molecule has 38 heavy (non-hydrogen) atoms. The van der Waals surface area contributed by atoms with Crippen molar-refractivity contribution in [1.82, 2.24) is 24.3 Å². The number of ether oxygens (including phenoxy) is 2. The van der Waals surface area contributed by atoms with Gasteiger partial charge in [0.05, 0.1) is 36.0 Å². The Morgan fingerprint density at radius 3 is 2.63 bits per heavy atom. The normalized spacial score (nSPS) is 16.9. The molecule has 0 bridgehead atoms. The molecule has 1 aromatic carbocycles. The van der Waals surface area contributed by atoms with Crippen LogP contribution in [-0.4, -0.2) is 43.3 Å². The van der Waals surface area contributed by atoms with Crippen LogP contribution in [-0.2, 0) is 29.2 Å². The van der Waals surface area contributed by atoms with Gasteiger partial charge in [-0.15, -0.1) is 0 Å². The highest BCUT2D eigenvalue weighted by molar-refractivity contribution is 5.81. The molecule has 1 N–H and O–H groups in total. The van der Waals surface area contributed by atoms with E-state index in [4.69, 9.17) is 9.47 Å². The van der Waals surface area contributed by atoms with Crippen molar-refractivity contribution in [2.75, 3.05) is 18.5 Å². The van der Waals surface area contributed by atoms with Gasteiger partial charge in [0, 0.05) is 43.3 Å². The Bertz CT molecular complexity index is 1530. The molecule has 2 fully saturated rings. The molecular weight excluding hydrogens is 501 g/mol. The molecule has 12 heteroatoms. The predicted octanol–water partition coefficient (Wildman–Crippen LogP) is 5.20. The minimum atomic E-state index is -4.53. The van der Waals surface area contributed by atoms with Crippen LogP contribution in [0.15, 0.2) is 42.6 Å². The van der Waals surface area contributed by atoms with Gasteiger partial charge in [0.15, 0.2) is 5.82 Å². The fourth-order valence-corrected chi connectivity index (χ4v) is 5.15. The molecular formula is C26H25F3N6O3. The first-order valence-corrected chi connectivity index (χ1v) is 12.2. The maximum absolute atomic E-state index is 13.8. The highest BCUT2D eigenvalue weighted by atomic mass is 19.4. The Kier molecular flexibility index (Phi) is 5.67. The number of nitrogens with one attached hydrogen (secondary N) is 1. The number of hydrogen-bond acceptors (Lipinski definition) is 7. The monoisotopic (exact) mass is 526 g/mol. The number of hydrogen-bond donors (Lipinski definition) is 1. The van der Waals surface area contributed by atoms with Crippen molar-refractivity contribution in [2.45, 2.75) is 38.4 Å². The Labute approximate surface area is 215 Å². The summed E-state index contributed by atoms with van der Waals surface area (Å²) in [6, 6.07) is 9.42. The molecule has 1 spiro atoms. The zero-order valence-electron chi connectivity index (χ0n) is 20.7. The number of carbonyl (C=O) groups excluding carboxylic acids is 1. The molecule has 9 nitrogen and oxygen atoms in total. The predicted molar refractivity (Wildman–Crippen MR) is 131 cm³/mol. The Morgan fingerprint density at radius 1 is 1.18 bits per heavy atom. The Balaban J connectivity index is 1.24. The molecule has 0 amide bonds. The topological polar surface area (TPSA) is 96.1 Å². The third-order valence-corrected chi connectivity index (χ3v) is 7.07. The molecule has 4 aromatic rings. The minimum Gasteiger partial charge on any atom is -0.457 e. The number of ketones is 1. The van der Waals surface area contributed by atoms with E-state index < -0.39 is 11.9 Å². The number of pyridine rings is 1. The summed E-state index contributed by atoms with van der Waals surface area (Å²) in [6.45, 7) is 2.70. The number of carbonyl (C=O) groups is 1. The lowest BCUT2D eigenvalue weighted by Crippen LogP contribution is -2.53. The second-order valence-electron chi connectivity index (χ2n) is 10.1. The van der Waals surface area contributed by atoms with Crippen LogP contribution in [0.5, 0.6) is 11.5 Å². The van der Waals surface area contributed by atoms with Gasteiger partial charge in [-0.3, -0.25) is 14.5 Å². The van der Waals surface area contributed by atoms with Crippen molar-refractivity contribution in [3.05, 3.63) is 54.0 Å². The fraction of sp³-hybridized carbons (Fsp3) is 0.385. The summed E-state index contributed by atoms with van der Waals surface area (Å²) in [4.78, 5) is 20.1. The van der Waals surface area contributed by atoms with Crippen LogP contribution in [0.25, 0.3) is 11.0 Å². The average Bonchev–Trinajstić information content (AvgIpc) is 3.33. The van der Waals surface area contributed by atoms with Crippen LogP contribution in [0.2, 0.25) is 0 Å². The maximum Gasteiger partial charge on any atom is 0.433 e. The molecule has 1 saturated carbocycles. The van der Waals surface area contributed by atoms with E-state index in [-0.39, 0.29) is 29.5 Å². The number of alkyl halides is 3. The van der Waals surface area contributed by atoms with E-state index in [1.165, 1.54) is 6.92 Å². The summed E-state index contributed by atoms with van der Waals surface area (Å²) in [5.41, 5.74) is 1.19. The number of aromatic nitrogens is 5. The molecule has 0 atom stereocenters. The van der Waals surface area contributed by atoms with E-state index in [0.29, 0.717) is 60.2 Å². The number of imidazole rings is 1. The first-order valence-electron chi connectivity index (χ1n) is 12.2. The highest BCUT2D eigenvalue weighted by Crippen LogP contribution is 2.54. The molecule has 3 aromatic heterocycles. The molecule has 1 saturated heterocycles. The van der Waals surface area contributed by atoms with Gasteiger partial charge in [0.25, 0.3) is 0 Å². The van der Waals surface area contributed by atoms with E-state index in [9.17, 15) is 18.0 Å². The highest BCUT2D eigenvalue weighted by Gasteiger charge is 2.52. The van der Waals surface area contributed by atoms with E-state index >= 15 is 0 Å². The second kappa shape index (κ2) is 8.83. The maximum atomic E-state index is 13.8. The van der Waals surface area contributed by atoms with Gasteiger partial charge >= 0.3 is 6.18 Å². The number of nitrogens with zero attached hydrogens (tertiary/aromatic N) is 5. The van der Waals surface area contributed by atoms with Crippen molar-refractivity contribution < 1.29 is 27.4 Å². The van der Waals surface area contributed by atoms with Gasteiger partial charge in [-0.2, -0.15) is 18.3 Å². The zero-order valence-corrected chi connectivity index (χ0v) is 20.7. The number of fused-ring (bicyclic) bond motifs is 1. The molecule has 0 radical (unpaired) electrons. The van der Waals surface area contributed by atoms with Crippen LogP contribution in [0, 0.1) is 5.41 Å². The zero-order chi connectivity index (χ0) is 26.7. The van der Waals surface area contributed by atoms with Gasteiger partial charge in [0.1, 0.15) is 23.0 Å². The van der Waals surface area contributed by atoms with Crippen LogP contribution in [0.3, 0.4) is 0 Å². The molecule has 6 rings (SSSR count). The van der Waals surface area contributed by atoms with Crippen LogP contribution in [0.4, 0.5) is 24.9 Å². The number of aryl methyl sites for hydroxylation is 1. The second-order valence-corrected chi connectivity index (χ2v) is 10.1. The molecule has 198 valence electrons. The first kappa shape index (κ1) is 24.4. The van der Waals surface area contributed by atoms with Crippen molar-refractivity contribution >= 4 is 28.6 Å². The Hall–Kier alpha value is -3.93. The summed E-state index contributed by atoms with van der Waals surface area (Å²) < 4.78 is 55.4. The van der Waals surface area contributed by atoms with Gasteiger partial charge in [0.2, 0.25) is 5.95 Å². The Morgan fingerprint density at radius 2 is 1.95 bits per heavy atom. The van der Waals surface area contributed by atoms with Crippen molar-refractivity contribution in [2.24, 2.45) is 12.5 Å². The van der Waals surface area contributed by atoms with Gasteiger partial charge < -0.3 is 19.4 Å². The van der Waals surface area contributed by atoms with E-state index in [1.54, 1.807) is 48.1 Å². The number of Topliss-reactive ketones (excluding diaryl/α,β-unsaturated/α-hetero) is 1. The summed E-state index contributed by atoms with van der Waals surface area (Å²) in [7, 11) is 1.76. The molecule has 1 aliphatic heterocycles. The first-order chi connectivity index (χ1) is 18.1. The number of anilines is 2. The lowest BCUT2D eigenvalue weighted by atomic mass is 9.64. The molecule has 0 unspecified atom stereocenters. The third-order valence-electron chi connectivity index (χ3n) is 7.07. The quantitative estimate of drug-likeness (QED) is 0.354. The van der Waals surface area contributed by atoms with E-state index in [2.05, 4.69) is 20.4 Å². The van der Waals surface area contributed by atoms with Crippen molar-refractivity contribution in [3.63, 3.8) is 0 Å². The van der Waals surface area contributed by atoms with Crippen LogP contribution in [0.1, 0.15) is 37.2 Å². The van der Waals surface area contributed by atoms with E-state index in [0.717, 1.165) is 10.7 Å².